The van der Waals surface area contributed by atoms with Gasteiger partial charge in [0.2, 0.25) is 0 Å². The summed E-state index contributed by atoms with van der Waals surface area (Å²) in [5.74, 6) is 0. The highest BCUT2D eigenvalue weighted by molar-refractivity contribution is 5.74. The number of carbonyl (C=O) groups is 1. The Morgan fingerprint density at radius 2 is 2.40 bits per heavy atom. The van der Waals surface area contributed by atoms with Crippen molar-refractivity contribution in [2.45, 2.75) is 19.4 Å². The lowest BCUT2D eigenvalue weighted by atomic mass is 10.3. The summed E-state index contributed by atoms with van der Waals surface area (Å²) in [5.41, 5.74) is 1.59. The van der Waals surface area contributed by atoms with Crippen molar-refractivity contribution in [2.75, 3.05) is 25.0 Å². The number of hydrogen-bond donors (Lipinski definition) is 1. The van der Waals surface area contributed by atoms with Gasteiger partial charge in [0.25, 0.3) is 6.01 Å². The number of benzene rings is 1. The van der Waals surface area contributed by atoms with Crippen molar-refractivity contribution in [2.24, 2.45) is 0 Å². The minimum atomic E-state index is -0.255. The van der Waals surface area contributed by atoms with Crippen LogP contribution in [-0.4, -0.2) is 41.7 Å². The second kappa shape index (κ2) is 5.40. The lowest BCUT2D eigenvalue weighted by Crippen LogP contribution is -2.32. The molecule has 1 unspecified atom stereocenters. The first-order valence-corrected chi connectivity index (χ1v) is 6.80. The molecule has 6 heteroatoms. The lowest BCUT2D eigenvalue weighted by molar-refractivity contribution is 0.115. The molecule has 1 atom stereocenters. The first-order chi connectivity index (χ1) is 9.76. The number of nitrogens with zero attached hydrogens (tertiary/aromatic N) is 2. The average Bonchev–Trinajstić information content (AvgIpc) is 3.05. The van der Waals surface area contributed by atoms with Crippen LogP contribution in [0.1, 0.15) is 13.3 Å². The van der Waals surface area contributed by atoms with Gasteiger partial charge in [0.05, 0.1) is 6.61 Å². The smallest absolute Gasteiger partial charge is 0.409 e. The Morgan fingerprint density at radius 3 is 3.20 bits per heavy atom. The Morgan fingerprint density at radius 1 is 1.55 bits per heavy atom. The summed E-state index contributed by atoms with van der Waals surface area (Å²) >= 11 is 0. The van der Waals surface area contributed by atoms with E-state index in [-0.39, 0.29) is 12.1 Å². The highest BCUT2D eigenvalue weighted by Gasteiger charge is 2.27. The van der Waals surface area contributed by atoms with E-state index in [1.165, 1.54) is 0 Å². The lowest BCUT2D eigenvalue weighted by Gasteiger charge is -2.15. The number of aromatic nitrogens is 1. The van der Waals surface area contributed by atoms with Crippen molar-refractivity contribution in [1.82, 2.24) is 9.88 Å². The molecule has 1 fully saturated rings. The zero-order valence-electron chi connectivity index (χ0n) is 11.3. The Balaban J connectivity index is 1.63. The van der Waals surface area contributed by atoms with Gasteiger partial charge in [-0.2, -0.15) is 4.98 Å². The van der Waals surface area contributed by atoms with Crippen LogP contribution in [-0.2, 0) is 4.74 Å². The predicted octanol–water partition coefficient (Wildman–Crippen LogP) is 2.47. The van der Waals surface area contributed by atoms with Crippen molar-refractivity contribution in [3.8, 4) is 0 Å². The first-order valence-electron chi connectivity index (χ1n) is 6.80. The maximum Gasteiger partial charge on any atom is 0.409 e. The molecule has 1 aliphatic heterocycles. The number of ether oxygens (including phenoxy) is 1. The van der Waals surface area contributed by atoms with Crippen LogP contribution < -0.4 is 5.32 Å². The van der Waals surface area contributed by atoms with Gasteiger partial charge in [-0.3, -0.25) is 0 Å². The fourth-order valence-corrected chi connectivity index (χ4v) is 2.37. The topological polar surface area (TPSA) is 67.6 Å². The van der Waals surface area contributed by atoms with Crippen molar-refractivity contribution in [3.63, 3.8) is 0 Å². The van der Waals surface area contributed by atoms with E-state index in [0.29, 0.717) is 25.7 Å². The molecule has 106 valence electrons. The second-order valence-electron chi connectivity index (χ2n) is 4.76. The molecule has 2 aromatic rings. The molecule has 1 N–H and O–H groups in total. The van der Waals surface area contributed by atoms with Gasteiger partial charge in [0.1, 0.15) is 5.52 Å². The summed E-state index contributed by atoms with van der Waals surface area (Å²) in [4.78, 5) is 17.7. The fourth-order valence-electron chi connectivity index (χ4n) is 2.37. The van der Waals surface area contributed by atoms with E-state index in [4.69, 9.17) is 9.15 Å². The Hall–Kier alpha value is -2.24. The van der Waals surface area contributed by atoms with E-state index in [1.54, 1.807) is 4.90 Å². The van der Waals surface area contributed by atoms with Gasteiger partial charge in [-0.15, -0.1) is 0 Å². The van der Waals surface area contributed by atoms with Crippen LogP contribution in [0.2, 0.25) is 0 Å². The van der Waals surface area contributed by atoms with Crippen LogP contribution in [0.3, 0.4) is 0 Å². The number of amides is 1. The van der Waals surface area contributed by atoms with Crippen molar-refractivity contribution in [3.05, 3.63) is 24.3 Å². The van der Waals surface area contributed by atoms with Crippen LogP contribution in [0.4, 0.5) is 10.8 Å². The molecule has 1 aromatic carbocycles. The summed E-state index contributed by atoms with van der Waals surface area (Å²) in [6.45, 7) is 3.51. The third-order valence-electron chi connectivity index (χ3n) is 3.34. The minimum Gasteiger partial charge on any atom is -0.450 e. The normalized spacial score (nSPS) is 18.4. The van der Waals surface area contributed by atoms with E-state index in [9.17, 15) is 4.79 Å². The number of fused-ring (bicyclic) bond motifs is 1. The SMILES string of the molecule is CCOC(=O)N1CCC(Nc2nc3ccccc3o2)C1. The summed E-state index contributed by atoms with van der Waals surface area (Å²) in [6, 6.07) is 8.27. The molecule has 0 aliphatic carbocycles. The van der Waals surface area contributed by atoms with Crippen molar-refractivity contribution in [1.29, 1.82) is 0 Å². The molecule has 6 nitrogen and oxygen atoms in total. The molecular weight excluding hydrogens is 258 g/mol. The fraction of sp³-hybridized carbons (Fsp3) is 0.429. The highest BCUT2D eigenvalue weighted by Crippen LogP contribution is 2.21. The van der Waals surface area contributed by atoms with Crippen LogP contribution in [0, 0.1) is 0 Å². The zero-order valence-corrected chi connectivity index (χ0v) is 11.3. The predicted molar refractivity (Wildman–Crippen MR) is 74.6 cm³/mol. The molecule has 1 amide bonds. The molecule has 1 aliphatic rings. The van der Waals surface area contributed by atoms with Gasteiger partial charge < -0.3 is 19.4 Å². The average molecular weight is 275 g/mol. The Kier molecular flexibility index (Phi) is 3.45. The van der Waals surface area contributed by atoms with E-state index in [0.717, 1.165) is 17.5 Å². The monoisotopic (exact) mass is 275 g/mol. The number of hydrogen-bond acceptors (Lipinski definition) is 5. The molecule has 2 heterocycles. The number of oxazole rings is 1. The summed E-state index contributed by atoms with van der Waals surface area (Å²) in [6.07, 6.45) is 0.603. The van der Waals surface area contributed by atoms with Crippen LogP contribution >= 0.6 is 0 Å². The van der Waals surface area contributed by atoms with Crippen LogP contribution in [0.25, 0.3) is 11.1 Å². The van der Waals surface area contributed by atoms with Gasteiger partial charge in [-0.25, -0.2) is 4.79 Å². The van der Waals surface area contributed by atoms with Gasteiger partial charge in [-0.1, -0.05) is 12.1 Å². The molecule has 3 rings (SSSR count). The molecule has 1 aromatic heterocycles. The molecule has 0 spiro atoms. The number of likely N-dealkylation sites (tertiary alicyclic amines) is 1. The summed E-state index contributed by atoms with van der Waals surface area (Å²) in [7, 11) is 0. The Bertz CT molecular complexity index is 577. The molecule has 0 saturated carbocycles. The number of carbonyl (C=O) groups excluding carboxylic acids is 1. The summed E-state index contributed by atoms with van der Waals surface area (Å²) in [5, 5.41) is 3.23. The zero-order chi connectivity index (χ0) is 13.9. The molecule has 20 heavy (non-hydrogen) atoms. The maximum atomic E-state index is 11.6. The molecular formula is C14H17N3O3. The van der Waals surface area contributed by atoms with E-state index < -0.39 is 0 Å². The molecule has 0 bridgehead atoms. The van der Waals surface area contributed by atoms with Gasteiger partial charge in [0.15, 0.2) is 5.58 Å². The number of rotatable bonds is 3. The second-order valence-corrected chi connectivity index (χ2v) is 4.76. The first kappa shape index (κ1) is 12.8. The largest absolute Gasteiger partial charge is 0.450 e. The van der Waals surface area contributed by atoms with E-state index in [1.807, 2.05) is 31.2 Å². The molecule has 1 saturated heterocycles. The highest BCUT2D eigenvalue weighted by atomic mass is 16.6. The third kappa shape index (κ3) is 2.54. The minimum absolute atomic E-state index is 0.146. The van der Waals surface area contributed by atoms with E-state index >= 15 is 0 Å². The third-order valence-corrected chi connectivity index (χ3v) is 3.34. The standard InChI is InChI=1S/C14H17N3O3/c1-2-19-14(18)17-8-7-10(9-17)15-13-16-11-5-3-4-6-12(11)20-13/h3-6,10H,2,7-9H2,1H3,(H,15,16). The van der Waals surface area contributed by atoms with Crippen molar-refractivity contribution < 1.29 is 13.9 Å². The van der Waals surface area contributed by atoms with Crippen LogP contribution in [0.5, 0.6) is 0 Å². The number of nitrogens with one attached hydrogen (secondary N) is 1. The quantitative estimate of drug-likeness (QED) is 0.932. The van der Waals surface area contributed by atoms with Gasteiger partial charge in [0, 0.05) is 19.1 Å². The summed E-state index contributed by atoms with van der Waals surface area (Å²) < 4.78 is 10.6. The number of para-hydroxylation sites is 2. The van der Waals surface area contributed by atoms with Crippen molar-refractivity contribution >= 4 is 23.2 Å². The van der Waals surface area contributed by atoms with E-state index in [2.05, 4.69) is 10.3 Å². The van der Waals surface area contributed by atoms with Crippen LogP contribution in [0.15, 0.2) is 28.7 Å². The number of anilines is 1. The molecule has 0 radical (unpaired) electrons. The van der Waals surface area contributed by atoms with Gasteiger partial charge in [-0.05, 0) is 25.5 Å². The Labute approximate surface area is 116 Å². The maximum absolute atomic E-state index is 11.6. The van der Waals surface area contributed by atoms with Gasteiger partial charge >= 0.3 is 6.09 Å².